The van der Waals surface area contributed by atoms with E-state index in [2.05, 4.69) is 14.5 Å². The Morgan fingerprint density at radius 3 is 2.84 bits per heavy atom. The first kappa shape index (κ1) is 19.6. The van der Waals surface area contributed by atoms with Crippen molar-refractivity contribution < 1.29 is 14.2 Å². The summed E-state index contributed by atoms with van der Waals surface area (Å²) in [5.74, 6) is 0.754. The van der Waals surface area contributed by atoms with E-state index in [1.807, 2.05) is 38.1 Å². The molecule has 3 heterocycles. The standard InChI is InChI=1S/C22H22Cl2N4O3/c1-22(2)30-17-13-7-12(13)16(19(17)31-22)28-9-26-15-14(25)18(20(24)27-21(15)28)29-8-10-4-3-5-11(23)6-10/h3-6,9,12-13,16-17,19H,7-8H2,1-2H3,(H2,25,27)/t12-,13+,16+,17+,19-/m0/s1. The number of halogens is 2. The molecule has 6 rings (SSSR count). The minimum absolute atomic E-state index is 0.0308. The van der Waals surface area contributed by atoms with Gasteiger partial charge in [-0.25, -0.2) is 9.97 Å². The van der Waals surface area contributed by atoms with Crippen molar-refractivity contribution in [1.29, 1.82) is 0 Å². The van der Waals surface area contributed by atoms with Gasteiger partial charge >= 0.3 is 0 Å². The lowest BCUT2D eigenvalue weighted by atomic mass is 10.1. The summed E-state index contributed by atoms with van der Waals surface area (Å²) in [6.07, 6.45) is 2.98. The van der Waals surface area contributed by atoms with E-state index in [-0.39, 0.29) is 30.0 Å². The summed E-state index contributed by atoms with van der Waals surface area (Å²) in [6.45, 7) is 4.19. The van der Waals surface area contributed by atoms with Crippen molar-refractivity contribution in [2.45, 2.75) is 50.9 Å². The maximum Gasteiger partial charge on any atom is 0.182 e. The molecule has 0 unspecified atom stereocenters. The SMILES string of the molecule is CC1(C)O[C@@H]2[C@@H]3C[C@@H]3[C@@H](n3cnc4c(N)c(OCc5cccc(Cl)c5)c(Cl)nc43)[C@@H]2O1. The minimum atomic E-state index is -0.580. The molecule has 2 aliphatic carbocycles. The number of nitrogens with two attached hydrogens (primary N) is 1. The summed E-state index contributed by atoms with van der Waals surface area (Å²) in [5.41, 5.74) is 8.91. The zero-order valence-corrected chi connectivity index (χ0v) is 18.6. The van der Waals surface area contributed by atoms with Crippen LogP contribution in [0.2, 0.25) is 10.2 Å². The molecule has 162 valence electrons. The number of pyridine rings is 1. The molecule has 7 nitrogen and oxygen atoms in total. The Bertz CT molecular complexity index is 1200. The van der Waals surface area contributed by atoms with Gasteiger partial charge in [0, 0.05) is 5.02 Å². The van der Waals surface area contributed by atoms with Gasteiger partial charge in [0.05, 0.1) is 18.5 Å². The van der Waals surface area contributed by atoms with Crippen LogP contribution in [-0.4, -0.2) is 32.5 Å². The Kier molecular flexibility index (Phi) is 4.25. The fourth-order valence-corrected chi connectivity index (χ4v) is 5.63. The summed E-state index contributed by atoms with van der Waals surface area (Å²) in [7, 11) is 0. The average molecular weight is 461 g/mol. The maximum absolute atomic E-state index is 6.51. The Balaban J connectivity index is 1.33. The third-order valence-electron chi connectivity index (χ3n) is 6.50. The molecule has 2 N–H and O–H groups in total. The number of anilines is 1. The quantitative estimate of drug-likeness (QED) is 0.572. The van der Waals surface area contributed by atoms with Crippen molar-refractivity contribution in [3.63, 3.8) is 0 Å². The second-order valence-electron chi connectivity index (χ2n) is 9.01. The number of hydrogen-bond acceptors (Lipinski definition) is 6. The van der Waals surface area contributed by atoms with Crippen molar-refractivity contribution in [2.24, 2.45) is 11.8 Å². The molecule has 1 aromatic carbocycles. The first-order chi connectivity index (χ1) is 14.8. The van der Waals surface area contributed by atoms with E-state index in [9.17, 15) is 0 Å². The molecular weight excluding hydrogens is 439 g/mol. The highest BCUT2D eigenvalue weighted by atomic mass is 35.5. The molecule has 1 aliphatic heterocycles. The van der Waals surface area contributed by atoms with E-state index in [1.54, 1.807) is 6.33 Å². The van der Waals surface area contributed by atoms with Gasteiger partial charge in [0.1, 0.15) is 23.9 Å². The third kappa shape index (κ3) is 3.09. The van der Waals surface area contributed by atoms with Gasteiger partial charge in [-0.15, -0.1) is 0 Å². The highest BCUT2D eigenvalue weighted by Gasteiger charge is 2.66. The third-order valence-corrected chi connectivity index (χ3v) is 7.00. The molecular formula is C22H22Cl2N4O3. The normalized spacial score (nSPS) is 30.4. The van der Waals surface area contributed by atoms with Gasteiger partial charge < -0.3 is 24.5 Å². The van der Waals surface area contributed by atoms with Crippen LogP contribution in [0.25, 0.3) is 11.2 Å². The van der Waals surface area contributed by atoms with Crippen molar-refractivity contribution in [1.82, 2.24) is 14.5 Å². The van der Waals surface area contributed by atoms with E-state index >= 15 is 0 Å². The summed E-state index contributed by atoms with van der Waals surface area (Å²) in [4.78, 5) is 9.17. The number of ether oxygens (including phenoxy) is 3. The number of rotatable bonds is 4. The molecule has 3 aromatic rings. The van der Waals surface area contributed by atoms with Crippen molar-refractivity contribution in [3.05, 3.63) is 46.3 Å². The Labute approximate surface area is 189 Å². The van der Waals surface area contributed by atoms with Crippen LogP contribution in [0.3, 0.4) is 0 Å². The van der Waals surface area contributed by atoms with Crippen LogP contribution in [0.4, 0.5) is 5.69 Å². The lowest BCUT2D eigenvalue weighted by Crippen LogP contribution is -2.30. The van der Waals surface area contributed by atoms with Crippen LogP contribution in [0.15, 0.2) is 30.6 Å². The smallest absolute Gasteiger partial charge is 0.182 e. The maximum atomic E-state index is 6.51. The zero-order chi connectivity index (χ0) is 21.5. The van der Waals surface area contributed by atoms with Crippen molar-refractivity contribution in [2.75, 3.05) is 5.73 Å². The fourth-order valence-electron chi connectivity index (χ4n) is 5.18. The molecule has 3 fully saturated rings. The highest BCUT2D eigenvalue weighted by Crippen LogP contribution is 2.63. The number of benzene rings is 1. The van der Waals surface area contributed by atoms with Crippen LogP contribution in [0, 0.1) is 11.8 Å². The second kappa shape index (κ2) is 6.72. The van der Waals surface area contributed by atoms with Crippen LogP contribution in [-0.2, 0) is 16.1 Å². The number of aromatic nitrogens is 3. The largest absolute Gasteiger partial charge is 0.483 e. The van der Waals surface area contributed by atoms with Gasteiger partial charge in [-0.3, -0.25) is 0 Å². The summed E-state index contributed by atoms with van der Waals surface area (Å²) >= 11 is 12.6. The average Bonchev–Trinajstić information content (AvgIpc) is 3.14. The first-order valence-electron chi connectivity index (χ1n) is 10.4. The van der Waals surface area contributed by atoms with Gasteiger partial charge in [-0.2, -0.15) is 0 Å². The van der Waals surface area contributed by atoms with Crippen LogP contribution < -0.4 is 10.5 Å². The molecule has 2 saturated carbocycles. The highest BCUT2D eigenvalue weighted by molar-refractivity contribution is 6.32. The predicted octanol–water partition coefficient (Wildman–Crippen LogP) is 4.61. The zero-order valence-electron chi connectivity index (χ0n) is 17.1. The lowest BCUT2D eigenvalue weighted by Gasteiger charge is -2.24. The van der Waals surface area contributed by atoms with Gasteiger partial charge in [-0.05, 0) is 49.8 Å². The van der Waals surface area contributed by atoms with Crippen LogP contribution >= 0.6 is 23.2 Å². The summed E-state index contributed by atoms with van der Waals surface area (Å²) in [6, 6.07) is 7.53. The van der Waals surface area contributed by atoms with Crippen molar-refractivity contribution in [3.8, 4) is 5.75 Å². The number of imidazole rings is 1. The summed E-state index contributed by atoms with van der Waals surface area (Å²) in [5, 5.41) is 0.849. The summed E-state index contributed by atoms with van der Waals surface area (Å²) < 4.78 is 20.4. The molecule has 0 amide bonds. The van der Waals surface area contributed by atoms with E-state index in [0.717, 1.165) is 12.0 Å². The molecule has 9 heteroatoms. The van der Waals surface area contributed by atoms with Gasteiger partial charge in [0.25, 0.3) is 0 Å². The molecule has 5 atom stereocenters. The Morgan fingerprint density at radius 2 is 2.03 bits per heavy atom. The molecule has 31 heavy (non-hydrogen) atoms. The molecule has 0 spiro atoms. The monoisotopic (exact) mass is 460 g/mol. The van der Waals surface area contributed by atoms with Gasteiger partial charge in [0.2, 0.25) is 0 Å². The van der Waals surface area contributed by atoms with Crippen LogP contribution in [0.5, 0.6) is 5.75 Å². The van der Waals surface area contributed by atoms with E-state index in [4.69, 9.17) is 43.1 Å². The number of nitrogens with zero attached hydrogens (tertiary/aromatic N) is 3. The lowest BCUT2D eigenvalue weighted by molar-refractivity contribution is -0.156. The topological polar surface area (TPSA) is 84.4 Å². The molecule has 0 bridgehead atoms. The predicted molar refractivity (Wildman–Crippen MR) is 117 cm³/mol. The van der Waals surface area contributed by atoms with E-state index in [0.29, 0.717) is 39.5 Å². The fraction of sp³-hybridized carbons (Fsp3) is 0.455. The number of nitrogen functional groups attached to an aromatic ring is 1. The number of fused-ring (bicyclic) bond motifs is 4. The minimum Gasteiger partial charge on any atom is -0.483 e. The molecule has 0 radical (unpaired) electrons. The molecule has 1 saturated heterocycles. The van der Waals surface area contributed by atoms with Gasteiger partial charge in [0.15, 0.2) is 22.3 Å². The van der Waals surface area contributed by atoms with Crippen LogP contribution in [0.1, 0.15) is 31.9 Å². The van der Waals surface area contributed by atoms with E-state index in [1.165, 1.54) is 0 Å². The molecule has 3 aliphatic rings. The first-order valence-corrected chi connectivity index (χ1v) is 11.1. The second-order valence-corrected chi connectivity index (χ2v) is 9.80. The molecule has 2 aromatic heterocycles. The van der Waals surface area contributed by atoms with Gasteiger partial charge in [-0.1, -0.05) is 35.3 Å². The van der Waals surface area contributed by atoms with Crippen molar-refractivity contribution >= 4 is 40.1 Å². The number of hydrogen-bond donors (Lipinski definition) is 1. The van der Waals surface area contributed by atoms with E-state index < -0.39 is 5.79 Å². The Hall–Kier alpha value is -2.06. The Morgan fingerprint density at radius 1 is 1.23 bits per heavy atom.